The number of nitrogens with one attached hydrogen (secondary N) is 2. The van der Waals surface area contributed by atoms with Gasteiger partial charge < -0.3 is 10.6 Å². The molecule has 120 valence electrons. The molecular formula is C16H21F2N3O. The normalized spacial score (nSPS) is 25.0. The topological polar surface area (TPSA) is 44.4 Å². The molecule has 1 saturated heterocycles. The average Bonchev–Trinajstić information content (AvgIpc) is 3.31. The number of carbonyl (C=O) groups is 1. The first-order chi connectivity index (χ1) is 10.7. The lowest BCUT2D eigenvalue weighted by atomic mass is 10.1. The Morgan fingerprint density at radius 2 is 2.09 bits per heavy atom. The SMILES string of the molecule is O=C(NCCN1CCNCC1)C1CC1c1cccc(F)c1F. The van der Waals surface area contributed by atoms with E-state index in [0.717, 1.165) is 38.8 Å². The summed E-state index contributed by atoms with van der Waals surface area (Å²) in [6, 6.07) is 4.16. The molecule has 22 heavy (non-hydrogen) atoms. The summed E-state index contributed by atoms with van der Waals surface area (Å²) in [6.45, 7) is 5.40. The van der Waals surface area contributed by atoms with Crippen LogP contribution in [0.4, 0.5) is 8.78 Å². The Hall–Kier alpha value is -1.53. The van der Waals surface area contributed by atoms with Gasteiger partial charge in [0.1, 0.15) is 0 Å². The van der Waals surface area contributed by atoms with Crippen molar-refractivity contribution >= 4 is 5.91 Å². The minimum Gasteiger partial charge on any atom is -0.355 e. The Morgan fingerprint density at radius 3 is 2.86 bits per heavy atom. The second-order valence-corrected chi connectivity index (χ2v) is 5.97. The lowest BCUT2D eigenvalue weighted by Crippen LogP contribution is -2.46. The van der Waals surface area contributed by atoms with Crippen LogP contribution in [0.5, 0.6) is 0 Å². The number of benzene rings is 1. The van der Waals surface area contributed by atoms with Crippen LogP contribution in [0.25, 0.3) is 0 Å². The molecule has 0 bridgehead atoms. The number of halogens is 2. The van der Waals surface area contributed by atoms with Crippen LogP contribution >= 0.6 is 0 Å². The number of hydrogen-bond acceptors (Lipinski definition) is 3. The second-order valence-electron chi connectivity index (χ2n) is 5.97. The van der Waals surface area contributed by atoms with Gasteiger partial charge in [-0.15, -0.1) is 0 Å². The Kier molecular flexibility index (Phi) is 4.69. The molecule has 2 fully saturated rings. The third kappa shape index (κ3) is 3.44. The molecule has 0 aromatic heterocycles. The van der Waals surface area contributed by atoms with Gasteiger partial charge in [-0.2, -0.15) is 0 Å². The zero-order chi connectivity index (χ0) is 15.5. The molecule has 2 unspecified atom stereocenters. The van der Waals surface area contributed by atoms with Gasteiger partial charge in [-0.25, -0.2) is 8.78 Å². The van der Waals surface area contributed by atoms with Gasteiger partial charge in [-0.1, -0.05) is 12.1 Å². The fraction of sp³-hybridized carbons (Fsp3) is 0.562. The molecule has 2 aliphatic rings. The molecule has 1 aromatic rings. The number of piperazine rings is 1. The van der Waals surface area contributed by atoms with Gasteiger partial charge >= 0.3 is 0 Å². The van der Waals surface area contributed by atoms with Crippen LogP contribution in [-0.2, 0) is 4.79 Å². The lowest BCUT2D eigenvalue weighted by molar-refractivity contribution is -0.122. The molecule has 2 N–H and O–H groups in total. The van der Waals surface area contributed by atoms with E-state index in [2.05, 4.69) is 15.5 Å². The summed E-state index contributed by atoms with van der Waals surface area (Å²) in [4.78, 5) is 14.4. The van der Waals surface area contributed by atoms with Crippen molar-refractivity contribution in [3.8, 4) is 0 Å². The summed E-state index contributed by atoms with van der Waals surface area (Å²) in [7, 11) is 0. The molecular weight excluding hydrogens is 288 g/mol. The van der Waals surface area contributed by atoms with Gasteiger partial charge in [0.2, 0.25) is 5.91 Å². The van der Waals surface area contributed by atoms with Crippen molar-refractivity contribution in [2.24, 2.45) is 5.92 Å². The maximum Gasteiger partial charge on any atom is 0.223 e. The molecule has 6 heteroatoms. The first-order valence-electron chi connectivity index (χ1n) is 7.81. The molecule has 1 saturated carbocycles. The highest BCUT2D eigenvalue weighted by molar-refractivity contribution is 5.82. The number of nitrogens with zero attached hydrogens (tertiary/aromatic N) is 1. The largest absolute Gasteiger partial charge is 0.355 e. The molecule has 3 rings (SSSR count). The van der Waals surface area contributed by atoms with Gasteiger partial charge in [-0.3, -0.25) is 9.69 Å². The average molecular weight is 309 g/mol. The molecule has 1 heterocycles. The van der Waals surface area contributed by atoms with E-state index in [1.165, 1.54) is 6.07 Å². The van der Waals surface area contributed by atoms with Crippen LogP contribution in [0, 0.1) is 17.6 Å². The van der Waals surface area contributed by atoms with Crippen molar-refractivity contribution in [3.63, 3.8) is 0 Å². The maximum absolute atomic E-state index is 13.7. The van der Waals surface area contributed by atoms with E-state index >= 15 is 0 Å². The van der Waals surface area contributed by atoms with E-state index in [0.29, 0.717) is 18.5 Å². The smallest absolute Gasteiger partial charge is 0.223 e. The van der Waals surface area contributed by atoms with E-state index in [1.54, 1.807) is 6.07 Å². The predicted molar refractivity (Wildman–Crippen MR) is 79.5 cm³/mol. The van der Waals surface area contributed by atoms with Crippen molar-refractivity contribution in [3.05, 3.63) is 35.4 Å². The summed E-state index contributed by atoms with van der Waals surface area (Å²) in [5, 5.41) is 6.19. The van der Waals surface area contributed by atoms with E-state index in [9.17, 15) is 13.6 Å². The van der Waals surface area contributed by atoms with Crippen LogP contribution < -0.4 is 10.6 Å². The summed E-state index contributed by atoms with van der Waals surface area (Å²) in [5.41, 5.74) is 0.322. The van der Waals surface area contributed by atoms with E-state index in [1.807, 2.05) is 0 Å². The second kappa shape index (κ2) is 6.71. The molecule has 1 aliphatic carbocycles. The number of carbonyl (C=O) groups excluding carboxylic acids is 1. The molecule has 2 atom stereocenters. The highest BCUT2D eigenvalue weighted by atomic mass is 19.2. The minimum absolute atomic E-state index is 0.0520. The summed E-state index contributed by atoms with van der Waals surface area (Å²) in [5.74, 6) is -2.12. The summed E-state index contributed by atoms with van der Waals surface area (Å²) >= 11 is 0. The monoisotopic (exact) mass is 309 g/mol. The van der Waals surface area contributed by atoms with Crippen LogP contribution in [-0.4, -0.2) is 50.1 Å². The zero-order valence-corrected chi connectivity index (χ0v) is 12.4. The van der Waals surface area contributed by atoms with Gasteiger partial charge in [0.25, 0.3) is 0 Å². The minimum atomic E-state index is -0.845. The maximum atomic E-state index is 13.7. The van der Waals surface area contributed by atoms with E-state index in [4.69, 9.17) is 0 Å². The van der Waals surface area contributed by atoms with Crippen molar-refractivity contribution in [1.82, 2.24) is 15.5 Å². The molecule has 0 spiro atoms. The highest BCUT2D eigenvalue weighted by Gasteiger charge is 2.45. The predicted octanol–water partition coefficient (Wildman–Crippen LogP) is 1.09. The summed E-state index contributed by atoms with van der Waals surface area (Å²) in [6.07, 6.45) is 0.597. The molecule has 1 aromatic carbocycles. The molecule has 0 radical (unpaired) electrons. The number of amides is 1. The Labute approximate surface area is 128 Å². The lowest BCUT2D eigenvalue weighted by Gasteiger charge is -2.27. The Bertz CT molecular complexity index is 546. The third-order valence-electron chi connectivity index (χ3n) is 4.45. The van der Waals surface area contributed by atoms with Crippen molar-refractivity contribution in [1.29, 1.82) is 0 Å². The van der Waals surface area contributed by atoms with Gasteiger partial charge in [0.05, 0.1) is 0 Å². The van der Waals surface area contributed by atoms with E-state index < -0.39 is 11.6 Å². The van der Waals surface area contributed by atoms with Crippen molar-refractivity contribution < 1.29 is 13.6 Å². The molecule has 1 aliphatic heterocycles. The van der Waals surface area contributed by atoms with Crippen molar-refractivity contribution in [2.75, 3.05) is 39.3 Å². The Morgan fingerprint density at radius 1 is 1.32 bits per heavy atom. The van der Waals surface area contributed by atoms with Crippen LogP contribution in [0.3, 0.4) is 0 Å². The molecule has 1 amide bonds. The number of rotatable bonds is 5. The first-order valence-corrected chi connectivity index (χ1v) is 7.81. The van der Waals surface area contributed by atoms with Gasteiger partial charge in [0.15, 0.2) is 11.6 Å². The Balaban J connectivity index is 1.45. The summed E-state index contributed by atoms with van der Waals surface area (Å²) < 4.78 is 26.9. The van der Waals surface area contributed by atoms with Crippen LogP contribution in [0.1, 0.15) is 17.9 Å². The zero-order valence-electron chi connectivity index (χ0n) is 12.4. The fourth-order valence-electron chi connectivity index (χ4n) is 3.04. The van der Waals surface area contributed by atoms with Gasteiger partial charge in [-0.05, 0) is 24.0 Å². The number of hydrogen-bond donors (Lipinski definition) is 2. The highest BCUT2D eigenvalue weighted by Crippen LogP contribution is 2.48. The van der Waals surface area contributed by atoms with Crippen molar-refractivity contribution in [2.45, 2.75) is 12.3 Å². The standard InChI is InChI=1S/C16H21F2N3O/c17-14-3-1-2-11(15(14)18)12-10-13(12)16(22)20-6-9-21-7-4-19-5-8-21/h1-3,12-13,19H,4-10H2,(H,20,22). The van der Waals surface area contributed by atoms with E-state index in [-0.39, 0.29) is 17.7 Å². The third-order valence-corrected chi connectivity index (χ3v) is 4.45. The van der Waals surface area contributed by atoms with Gasteiger partial charge in [0, 0.05) is 45.2 Å². The fourth-order valence-corrected chi connectivity index (χ4v) is 3.04. The van der Waals surface area contributed by atoms with Crippen LogP contribution in [0.15, 0.2) is 18.2 Å². The molecule has 4 nitrogen and oxygen atoms in total. The van der Waals surface area contributed by atoms with Crippen LogP contribution in [0.2, 0.25) is 0 Å². The first kappa shape index (κ1) is 15.4. The quantitative estimate of drug-likeness (QED) is 0.856.